The first kappa shape index (κ1) is 19.8. The summed E-state index contributed by atoms with van der Waals surface area (Å²) in [5.41, 5.74) is 0.941. The molecule has 1 saturated heterocycles. The van der Waals surface area contributed by atoms with Gasteiger partial charge in [-0.2, -0.15) is 0 Å². The monoisotopic (exact) mass is 386 g/mol. The first-order chi connectivity index (χ1) is 13.4. The van der Waals surface area contributed by atoms with Crippen molar-refractivity contribution in [3.8, 4) is 17.6 Å². The number of halogens is 2. The zero-order valence-electron chi connectivity index (χ0n) is 15.7. The number of amides is 1. The summed E-state index contributed by atoms with van der Waals surface area (Å²) in [5.74, 6) is 2.91. The molecule has 28 heavy (non-hydrogen) atoms. The second-order valence-electron chi connectivity index (χ2n) is 6.61. The van der Waals surface area contributed by atoms with Gasteiger partial charge in [0.25, 0.3) is 0 Å². The Morgan fingerprint density at radius 2 is 2.07 bits per heavy atom. The Morgan fingerprint density at radius 3 is 2.68 bits per heavy atom. The standard InChI is InChI=1S/C21H20F2N2O3/c1-4-5-12-8-15(23)18(17(9-12)28-3)19-20(26)16(25(2)21(19)27)10-14-7-6-13(22)11-24-14/h6-9,11,16,19-20,26H,10H2,1-3H3. The Morgan fingerprint density at radius 1 is 1.32 bits per heavy atom. The Labute approximate surface area is 162 Å². The van der Waals surface area contributed by atoms with Gasteiger partial charge in [0.05, 0.1) is 31.4 Å². The van der Waals surface area contributed by atoms with Crippen LogP contribution in [-0.4, -0.2) is 47.2 Å². The van der Waals surface area contributed by atoms with Gasteiger partial charge in [0.2, 0.25) is 5.91 Å². The third-order valence-electron chi connectivity index (χ3n) is 4.95. The smallest absolute Gasteiger partial charge is 0.233 e. The van der Waals surface area contributed by atoms with Crippen LogP contribution < -0.4 is 4.74 Å². The third-order valence-corrected chi connectivity index (χ3v) is 4.95. The number of hydrogen-bond donors (Lipinski definition) is 1. The molecule has 3 unspecified atom stereocenters. The molecule has 1 fully saturated rings. The van der Waals surface area contributed by atoms with Crippen molar-refractivity contribution in [1.29, 1.82) is 0 Å². The molecule has 7 heteroatoms. The molecule has 2 aromatic rings. The van der Waals surface area contributed by atoms with Crippen molar-refractivity contribution in [2.45, 2.75) is 31.4 Å². The van der Waals surface area contributed by atoms with Gasteiger partial charge in [0.1, 0.15) is 17.4 Å². The maximum absolute atomic E-state index is 14.9. The molecule has 0 spiro atoms. The summed E-state index contributed by atoms with van der Waals surface area (Å²) >= 11 is 0. The lowest BCUT2D eigenvalue weighted by Gasteiger charge is -2.22. The molecule has 1 aliphatic rings. The van der Waals surface area contributed by atoms with Gasteiger partial charge in [-0.25, -0.2) is 8.78 Å². The number of pyridine rings is 1. The second-order valence-corrected chi connectivity index (χ2v) is 6.61. The van der Waals surface area contributed by atoms with Crippen LogP contribution in [0.5, 0.6) is 5.75 Å². The quantitative estimate of drug-likeness (QED) is 0.819. The highest BCUT2D eigenvalue weighted by atomic mass is 19.1. The number of benzene rings is 1. The fraction of sp³-hybridized carbons (Fsp3) is 0.333. The van der Waals surface area contributed by atoms with E-state index in [-0.39, 0.29) is 17.7 Å². The molecule has 1 aliphatic heterocycles. The van der Waals surface area contributed by atoms with Crippen LogP contribution in [-0.2, 0) is 11.2 Å². The van der Waals surface area contributed by atoms with Gasteiger partial charge in [0, 0.05) is 30.3 Å². The van der Waals surface area contributed by atoms with Crippen molar-refractivity contribution in [2.75, 3.05) is 14.2 Å². The summed E-state index contributed by atoms with van der Waals surface area (Å²) in [7, 11) is 2.91. The summed E-state index contributed by atoms with van der Waals surface area (Å²) in [6.07, 6.45) is 0.103. The van der Waals surface area contributed by atoms with Crippen molar-refractivity contribution in [3.05, 3.63) is 58.9 Å². The molecule has 1 N–H and O–H groups in total. The van der Waals surface area contributed by atoms with Gasteiger partial charge in [-0.15, -0.1) is 5.92 Å². The average Bonchev–Trinajstić information content (AvgIpc) is 2.87. The van der Waals surface area contributed by atoms with Crippen LogP contribution in [0.25, 0.3) is 0 Å². The number of methoxy groups -OCH3 is 1. The van der Waals surface area contributed by atoms with Crippen molar-refractivity contribution >= 4 is 5.91 Å². The molecule has 146 valence electrons. The first-order valence-electron chi connectivity index (χ1n) is 8.72. The van der Waals surface area contributed by atoms with E-state index in [0.717, 1.165) is 6.20 Å². The Balaban J connectivity index is 1.97. The van der Waals surface area contributed by atoms with Crippen molar-refractivity contribution in [2.24, 2.45) is 0 Å². The maximum atomic E-state index is 14.9. The van der Waals surface area contributed by atoms with E-state index in [1.54, 1.807) is 20.0 Å². The zero-order chi connectivity index (χ0) is 20.4. The van der Waals surface area contributed by atoms with Gasteiger partial charge in [-0.3, -0.25) is 9.78 Å². The van der Waals surface area contributed by atoms with Gasteiger partial charge < -0.3 is 14.7 Å². The van der Waals surface area contributed by atoms with E-state index in [2.05, 4.69) is 16.8 Å². The van der Waals surface area contributed by atoms with Crippen molar-refractivity contribution < 1.29 is 23.4 Å². The first-order valence-corrected chi connectivity index (χ1v) is 8.72. The fourth-order valence-corrected chi connectivity index (χ4v) is 3.55. The second kappa shape index (κ2) is 7.95. The van der Waals surface area contributed by atoms with Crippen molar-refractivity contribution in [3.63, 3.8) is 0 Å². The van der Waals surface area contributed by atoms with E-state index >= 15 is 0 Å². The number of carbonyl (C=O) groups excluding carboxylic acids is 1. The van der Waals surface area contributed by atoms with Crippen LogP contribution in [0.1, 0.15) is 29.7 Å². The largest absolute Gasteiger partial charge is 0.496 e. The van der Waals surface area contributed by atoms with Crippen LogP contribution in [0.2, 0.25) is 0 Å². The lowest BCUT2D eigenvalue weighted by atomic mass is 9.89. The molecule has 1 aromatic carbocycles. The number of nitrogens with zero attached hydrogens (tertiary/aromatic N) is 2. The average molecular weight is 386 g/mol. The van der Waals surface area contributed by atoms with E-state index < -0.39 is 35.6 Å². The van der Waals surface area contributed by atoms with Crippen LogP contribution in [0.4, 0.5) is 8.78 Å². The minimum atomic E-state index is -1.18. The van der Waals surface area contributed by atoms with Gasteiger partial charge >= 0.3 is 0 Å². The van der Waals surface area contributed by atoms with E-state index in [1.165, 1.54) is 30.2 Å². The number of aliphatic hydroxyl groups excluding tert-OH is 1. The molecular formula is C21H20F2N2O3. The minimum Gasteiger partial charge on any atom is -0.496 e. The SMILES string of the molecule is CC#Cc1cc(F)c(C2C(=O)N(C)C(Cc3ccc(F)cn3)C2O)c(OC)c1. The number of rotatable bonds is 4. The molecule has 3 atom stereocenters. The van der Waals surface area contributed by atoms with Gasteiger partial charge in [-0.05, 0) is 31.2 Å². The number of carbonyl (C=O) groups is 1. The Kier molecular flexibility index (Phi) is 5.61. The number of likely N-dealkylation sites (tertiary alicyclic amines) is 1. The third kappa shape index (κ3) is 3.56. The van der Waals surface area contributed by atoms with Crippen LogP contribution in [0.15, 0.2) is 30.5 Å². The fourth-order valence-electron chi connectivity index (χ4n) is 3.55. The Bertz CT molecular complexity index is 951. The summed E-state index contributed by atoms with van der Waals surface area (Å²) in [5, 5.41) is 10.9. The lowest BCUT2D eigenvalue weighted by Crippen LogP contribution is -2.36. The molecule has 1 amide bonds. The summed E-state index contributed by atoms with van der Waals surface area (Å²) < 4.78 is 33.2. The zero-order valence-corrected chi connectivity index (χ0v) is 15.7. The molecule has 5 nitrogen and oxygen atoms in total. The van der Waals surface area contributed by atoms with Crippen LogP contribution in [0, 0.1) is 23.5 Å². The topological polar surface area (TPSA) is 62.7 Å². The molecule has 2 heterocycles. The molecular weight excluding hydrogens is 366 g/mol. The van der Waals surface area contributed by atoms with Gasteiger partial charge in [-0.1, -0.05) is 5.92 Å². The number of likely N-dealkylation sites (N-methyl/N-ethyl adjacent to an activating group) is 1. The highest BCUT2D eigenvalue weighted by Crippen LogP contribution is 2.40. The van der Waals surface area contributed by atoms with E-state index in [1.807, 2.05) is 0 Å². The summed E-state index contributed by atoms with van der Waals surface area (Å²) in [6, 6.07) is 4.90. The highest BCUT2D eigenvalue weighted by Gasteiger charge is 2.48. The molecule has 3 rings (SSSR count). The minimum absolute atomic E-state index is 0.00284. The predicted molar refractivity (Wildman–Crippen MR) is 98.7 cm³/mol. The molecule has 0 radical (unpaired) electrons. The molecule has 0 aliphatic carbocycles. The predicted octanol–water partition coefficient (Wildman–Crippen LogP) is 2.27. The maximum Gasteiger partial charge on any atom is 0.233 e. The molecule has 1 aromatic heterocycles. The van der Waals surface area contributed by atoms with Gasteiger partial charge in [0.15, 0.2) is 0 Å². The van der Waals surface area contributed by atoms with E-state index in [9.17, 15) is 18.7 Å². The van der Waals surface area contributed by atoms with E-state index in [0.29, 0.717) is 11.3 Å². The van der Waals surface area contributed by atoms with Crippen molar-refractivity contribution in [1.82, 2.24) is 9.88 Å². The van der Waals surface area contributed by atoms with E-state index in [4.69, 9.17) is 4.74 Å². The Hall–Kier alpha value is -2.98. The summed E-state index contributed by atoms with van der Waals surface area (Å²) in [4.78, 5) is 18.2. The number of ether oxygens (including phenoxy) is 1. The normalized spacial score (nSPS) is 21.4. The number of aromatic nitrogens is 1. The van der Waals surface area contributed by atoms with Crippen LogP contribution >= 0.6 is 0 Å². The van der Waals surface area contributed by atoms with Crippen LogP contribution in [0.3, 0.4) is 0 Å². The summed E-state index contributed by atoms with van der Waals surface area (Å²) in [6.45, 7) is 1.63. The lowest BCUT2D eigenvalue weighted by molar-refractivity contribution is -0.129. The number of hydrogen-bond acceptors (Lipinski definition) is 4. The molecule has 0 saturated carbocycles. The molecule has 0 bridgehead atoms. The highest BCUT2D eigenvalue weighted by molar-refractivity contribution is 5.88. The number of aliphatic hydroxyl groups is 1.